The molecule has 1 fully saturated rings. The molecule has 0 bridgehead atoms. The number of likely N-dealkylation sites (tertiary alicyclic amines) is 1. The van der Waals surface area contributed by atoms with Crippen LogP contribution in [0.4, 0.5) is 0 Å². The zero-order valence-electron chi connectivity index (χ0n) is 11.1. The molecule has 1 saturated heterocycles. The van der Waals surface area contributed by atoms with Crippen LogP contribution >= 0.6 is 15.9 Å². The van der Waals surface area contributed by atoms with Crippen molar-refractivity contribution in [1.82, 2.24) is 14.8 Å². The van der Waals surface area contributed by atoms with Crippen molar-refractivity contribution in [3.8, 4) is 0 Å². The molecule has 1 aromatic heterocycles. The van der Waals surface area contributed by atoms with Crippen molar-refractivity contribution in [2.75, 3.05) is 27.2 Å². The van der Waals surface area contributed by atoms with Gasteiger partial charge in [-0.2, -0.15) is 0 Å². The predicted octanol–water partition coefficient (Wildman–Crippen LogP) is 0.981. The Hall–Kier alpha value is -0.980. The van der Waals surface area contributed by atoms with Crippen LogP contribution in [0.5, 0.6) is 0 Å². The van der Waals surface area contributed by atoms with Gasteiger partial charge in [0.15, 0.2) is 0 Å². The van der Waals surface area contributed by atoms with E-state index in [2.05, 4.69) is 20.9 Å². The number of nitrogens with zero attached hydrogens (tertiary/aromatic N) is 3. The van der Waals surface area contributed by atoms with Gasteiger partial charge < -0.3 is 14.9 Å². The molecular weight excluding hydrogens is 310 g/mol. The average Bonchev–Trinajstić information content (AvgIpc) is 2.68. The molecule has 2 unspecified atom stereocenters. The standard InChI is InChI=1S/C13H18BrN3O2/c1-16(2)7-9-6-10(18)8-17(9)13(19)11-4-3-5-12(14)15-11/h3-5,9-10,18H,6-8H2,1-2H3. The average molecular weight is 328 g/mol. The lowest BCUT2D eigenvalue weighted by Crippen LogP contribution is -2.41. The number of hydrogen-bond donors (Lipinski definition) is 1. The maximum absolute atomic E-state index is 12.4. The Morgan fingerprint density at radius 3 is 2.95 bits per heavy atom. The second-order valence-electron chi connectivity index (χ2n) is 5.11. The molecule has 1 aromatic rings. The van der Waals surface area contributed by atoms with Crippen LogP contribution in [0.25, 0.3) is 0 Å². The molecule has 1 amide bonds. The molecule has 1 aliphatic heterocycles. The van der Waals surface area contributed by atoms with Crippen molar-refractivity contribution in [2.45, 2.75) is 18.6 Å². The molecule has 2 atom stereocenters. The molecule has 0 aromatic carbocycles. The maximum atomic E-state index is 12.4. The number of hydrogen-bond acceptors (Lipinski definition) is 4. The summed E-state index contributed by atoms with van der Waals surface area (Å²) < 4.78 is 0.641. The Morgan fingerprint density at radius 2 is 2.32 bits per heavy atom. The third-order valence-corrected chi connectivity index (χ3v) is 3.61. The van der Waals surface area contributed by atoms with E-state index in [9.17, 15) is 9.90 Å². The molecule has 1 aliphatic rings. The Morgan fingerprint density at radius 1 is 1.58 bits per heavy atom. The molecule has 0 saturated carbocycles. The number of aliphatic hydroxyl groups excluding tert-OH is 1. The van der Waals surface area contributed by atoms with Crippen LogP contribution in [0.15, 0.2) is 22.8 Å². The number of amides is 1. The monoisotopic (exact) mass is 327 g/mol. The number of carbonyl (C=O) groups is 1. The van der Waals surface area contributed by atoms with Gasteiger partial charge in [0, 0.05) is 19.1 Å². The summed E-state index contributed by atoms with van der Waals surface area (Å²) in [5, 5.41) is 9.79. The molecule has 2 heterocycles. The van der Waals surface area contributed by atoms with E-state index in [1.165, 1.54) is 0 Å². The number of likely N-dealkylation sites (N-methyl/N-ethyl adjacent to an activating group) is 1. The topological polar surface area (TPSA) is 56.7 Å². The zero-order chi connectivity index (χ0) is 14.0. The van der Waals surface area contributed by atoms with E-state index in [0.29, 0.717) is 23.3 Å². The Bertz CT molecular complexity index is 467. The van der Waals surface area contributed by atoms with Gasteiger partial charge in [0.2, 0.25) is 0 Å². The number of aliphatic hydroxyl groups is 1. The quantitative estimate of drug-likeness (QED) is 0.841. The second-order valence-corrected chi connectivity index (χ2v) is 5.92. The summed E-state index contributed by atoms with van der Waals surface area (Å²) in [4.78, 5) is 20.4. The highest BCUT2D eigenvalue weighted by atomic mass is 79.9. The third-order valence-electron chi connectivity index (χ3n) is 3.16. The molecule has 104 valence electrons. The van der Waals surface area contributed by atoms with Gasteiger partial charge in [0.05, 0.1) is 6.10 Å². The van der Waals surface area contributed by atoms with E-state index in [-0.39, 0.29) is 11.9 Å². The molecule has 0 radical (unpaired) electrons. The predicted molar refractivity (Wildman–Crippen MR) is 75.9 cm³/mol. The number of aromatic nitrogens is 1. The molecule has 0 spiro atoms. The number of carbonyl (C=O) groups excluding carboxylic acids is 1. The van der Waals surface area contributed by atoms with Crippen LogP contribution in [0, 0.1) is 0 Å². The molecule has 1 N–H and O–H groups in total. The molecule has 5 nitrogen and oxygen atoms in total. The minimum atomic E-state index is -0.443. The highest BCUT2D eigenvalue weighted by Gasteiger charge is 2.35. The van der Waals surface area contributed by atoms with Crippen LogP contribution in [0.1, 0.15) is 16.9 Å². The summed E-state index contributed by atoms with van der Waals surface area (Å²) in [5.41, 5.74) is 0.409. The van der Waals surface area contributed by atoms with Gasteiger partial charge in [-0.1, -0.05) is 6.07 Å². The molecule has 6 heteroatoms. The van der Waals surface area contributed by atoms with Crippen molar-refractivity contribution in [3.63, 3.8) is 0 Å². The highest BCUT2D eigenvalue weighted by molar-refractivity contribution is 9.10. The van der Waals surface area contributed by atoms with Crippen molar-refractivity contribution in [3.05, 3.63) is 28.5 Å². The van der Waals surface area contributed by atoms with Gasteiger partial charge in [-0.25, -0.2) is 4.98 Å². The van der Waals surface area contributed by atoms with E-state index in [1.54, 1.807) is 23.1 Å². The Kier molecular flexibility index (Phi) is 4.54. The van der Waals surface area contributed by atoms with Crippen molar-refractivity contribution in [1.29, 1.82) is 0 Å². The molecule has 0 aliphatic carbocycles. The van der Waals surface area contributed by atoms with Crippen LogP contribution in [-0.2, 0) is 0 Å². The summed E-state index contributed by atoms with van der Waals surface area (Å²) in [6, 6.07) is 5.31. The fourth-order valence-corrected chi connectivity index (χ4v) is 2.75. The summed E-state index contributed by atoms with van der Waals surface area (Å²) >= 11 is 3.27. The second kappa shape index (κ2) is 5.98. The minimum Gasteiger partial charge on any atom is -0.391 e. The van der Waals surface area contributed by atoms with Gasteiger partial charge >= 0.3 is 0 Å². The first-order chi connectivity index (χ1) is 8.97. The maximum Gasteiger partial charge on any atom is 0.272 e. The van der Waals surface area contributed by atoms with E-state index in [4.69, 9.17) is 0 Å². The molecular formula is C13H18BrN3O2. The van der Waals surface area contributed by atoms with Gasteiger partial charge in [-0.05, 0) is 48.6 Å². The lowest BCUT2D eigenvalue weighted by atomic mass is 10.2. The third kappa shape index (κ3) is 3.52. The molecule has 19 heavy (non-hydrogen) atoms. The lowest BCUT2D eigenvalue weighted by Gasteiger charge is -2.26. The van der Waals surface area contributed by atoms with Gasteiger partial charge in [-0.15, -0.1) is 0 Å². The number of halogens is 1. The number of rotatable bonds is 3. The normalized spacial score (nSPS) is 23.1. The highest BCUT2D eigenvalue weighted by Crippen LogP contribution is 2.21. The summed E-state index contributed by atoms with van der Waals surface area (Å²) in [6.45, 7) is 1.13. The van der Waals surface area contributed by atoms with E-state index < -0.39 is 6.10 Å². The fraction of sp³-hybridized carbons (Fsp3) is 0.538. The van der Waals surface area contributed by atoms with Crippen LogP contribution in [-0.4, -0.2) is 65.1 Å². The minimum absolute atomic E-state index is 0.0401. The van der Waals surface area contributed by atoms with Gasteiger partial charge in [0.25, 0.3) is 5.91 Å². The van der Waals surface area contributed by atoms with Crippen LogP contribution in [0.3, 0.4) is 0 Å². The number of pyridine rings is 1. The summed E-state index contributed by atoms with van der Waals surface area (Å²) in [6.07, 6.45) is 0.179. The van der Waals surface area contributed by atoms with E-state index >= 15 is 0 Å². The van der Waals surface area contributed by atoms with Crippen LogP contribution < -0.4 is 0 Å². The first kappa shape index (κ1) is 14.4. The lowest BCUT2D eigenvalue weighted by molar-refractivity contribution is 0.0693. The number of β-amino-alcohol motifs (C(OH)–C–C–N with tert-alkyl or cyclic N) is 1. The first-order valence-corrected chi connectivity index (χ1v) is 7.03. The largest absolute Gasteiger partial charge is 0.391 e. The van der Waals surface area contributed by atoms with Crippen LogP contribution in [0.2, 0.25) is 0 Å². The zero-order valence-corrected chi connectivity index (χ0v) is 12.7. The Balaban J connectivity index is 2.17. The van der Waals surface area contributed by atoms with Gasteiger partial charge in [0.1, 0.15) is 10.3 Å². The van der Waals surface area contributed by atoms with Crippen molar-refractivity contribution in [2.24, 2.45) is 0 Å². The van der Waals surface area contributed by atoms with Crippen molar-refractivity contribution >= 4 is 21.8 Å². The van der Waals surface area contributed by atoms with Crippen molar-refractivity contribution < 1.29 is 9.90 Å². The van der Waals surface area contributed by atoms with E-state index in [1.807, 2.05) is 19.0 Å². The Labute approximate surface area is 121 Å². The summed E-state index contributed by atoms with van der Waals surface area (Å²) in [5.74, 6) is -0.121. The SMILES string of the molecule is CN(C)CC1CC(O)CN1C(=O)c1cccc(Br)n1. The smallest absolute Gasteiger partial charge is 0.272 e. The molecule has 2 rings (SSSR count). The summed E-state index contributed by atoms with van der Waals surface area (Å²) in [7, 11) is 3.93. The fourth-order valence-electron chi connectivity index (χ4n) is 2.41. The first-order valence-electron chi connectivity index (χ1n) is 6.23. The van der Waals surface area contributed by atoms with Gasteiger partial charge in [-0.3, -0.25) is 4.79 Å². The van der Waals surface area contributed by atoms with E-state index in [0.717, 1.165) is 6.54 Å².